The van der Waals surface area contributed by atoms with E-state index < -0.39 is 0 Å². The van der Waals surface area contributed by atoms with Crippen molar-refractivity contribution in [1.29, 1.82) is 0 Å². The fourth-order valence-corrected chi connectivity index (χ4v) is 4.59. The Morgan fingerprint density at radius 1 is 0.824 bits per heavy atom. The summed E-state index contributed by atoms with van der Waals surface area (Å²) in [5.41, 5.74) is 11.3. The van der Waals surface area contributed by atoms with Crippen LogP contribution < -0.4 is 10.7 Å². The summed E-state index contributed by atoms with van der Waals surface area (Å²) in [6, 6.07) is 35.5. The van der Waals surface area contributed by atoms with Gasteiger partial charge in [-0.3, -0.25) is 0 Å². The van der Waals surface area contributed by atoms with Gasteiger partial charge in [0, 0.05) is 16.1 Å². The Hall–Kier alpha value is -3.80. The molecule has 4 nitrogen and oxygen atoms in total. The van der Waals surface area contributed by atoms with Gasteiger partial charge >= 0.3 is 0 Å². The van der Waals surface area contributed by atoms with Crippen LogP contribution in [0.3, 0.4) is 0 Å². The largest absolute Gasteiger partial charge is 0.397 e. The molecule has 4 aromatic rings. The first-order valence-corrected chi connectivity index (χ1v) is 11.9. The first kappa shape index (κ1) is 22.0. The van der Waals surface area contributed by atoms with E-state index in [4.69, 9.17) is 27.4 Å². The van der Waals surface area contributed by atoms with Crippen LogP contribution in [0.1, 0.15) is 11.1 Å². The molecule has 5 rings (SSSR count). The summed E-state index contributed by atoms with van der Waals surface area (Å²) in [5, 5.41) is 9.40. The zero-order valence-electron chi connectivity index (χ0n) is 18.2. The number of anilines is 2. The Labute approximate surface area is 208 Å². The van der Waals surface area contributed by atoms with E-state index in [-0.39, 0.29) is 0 Å². The van der Waals surface area contributed by atoms with Crippen LogP contribution in [0.15, 0.2) is 130 Å². The molecule has 0 amide bonds. The molecule has 2 N–H and O–H groups in total. The van der Waals surface area contributed by atoms with E-state index in [9.17, 15) is 0 Å². The highest BCUT2D eigenvalue weighted by Gasteiger charge is 2.25. The van der Waals surface area contributed by atoms with Crippen LogP contribution in [0.5, 0.6) is 0 Å². The van der Waals surface area contributed by atoms with Gasteiger partial charge in [-0.1, -0.05) is 84.4 Å². The number of para-hydroxylation sites is 3. The average Bonchev–Trinajstić information content (AvgIpc) is 3.30. The molecule has 0 bridgehead atoms. The summed E-state index contributed by atoms with van der Waals surface area (Å²) >= 11 is 7.70. The maximum atomic E-state index is 6.21. The second-order valence-electron chi connectivity index (χ2n) is 7.57. The van der Waals surface area contributed by atoms with Crippen molar-refractivity contribution < 1.29 is 0 Å². The van der Waals surface area contributed by atoms with Gasteiger partial charge in [0.1, 0.15) is 10.1 Å². The zero-order chi connectivity index (χ0) is 23.3. The van der Waals surface area contributed by atoms with Crippen molar-refractivity contribution in [3.8, 4) is 0 Å². The van der Waals surface area contributed by atoms with Gasteiger partial charge in [-0.2, -0.15) is 5.10 Å². The highest BCUT2D eigenvalue weighted by molar-refractivity contribution is 8.18. The van der Waals surface area contributed by atoms with E-state index in [0.29, 0.717) is 10.7 Å². The normalized spacial score (nSPS) is 15.0. The molecule has 0 spiro atoms. The van der Waals surface area contributed by atoms with Gasteiger partial charge in [0.2, 0.25) is 0 Å². The lowest BCUT2D eigenvalue weighted by Crippen LogP contribution is -2.11. The predicted octanol–water partition coefficient (Wildman–Crippen LogP) is 7.50. The van der Waals surface area contributed by atoms with E-state index in [0.717, 1.165) is 38.3 Å². The van der Waals surface area contributed by atoms with Crippen molar-refractivity contribution in [1.82, 2.24) is 0 Å². The fourth-order valence-electron chi connectivity index (χ4n) is 3.48. The van der Waals surface area contributed by atoms with Gasteiger partial charge in [-0.15, -0.1) is 0 Å². The third-order valence-corrected chi connectivity index (χ3v) is 6.46. The molecule has 0 saturated carbocycles. The number of hydrogen-bond donors (Lipinski definition) is 1. The van der Waals surface area contributed by atoms with Gasteiger partial charge in [-0.05, 0) is 54.2 Å². The molecular weight excluding hydrogens is 460 g/mol. The van der Waals surface area contributed by atoms with E-state index in [1.54, 1.807) is 11.8 Å². The number of nitrogens with zero attached hydrogens (tertiary/aromatic N) is 3. The van der Waals surface area contributed by atoms with Crippen LogP contribution in [-0.2, 0) is 0 Å². The lowest BCUT2D eigenvalue weighted by Gasteiger charge is -2.16. The minimum atomic E-state index is 0.631. The van der Waals surface area contributed by atoms with Gasteiger partial charge in [0.25, 0.3) is 0 Å². The molecule has 1 aliphatic rings. The van der Waals surface area contributed by atoms with Crippen LogP contribution in [-0.4, -0.2) is 10.8 Å². The van der Waals surface area contributed by atoms with Crippen molar-refractivity contribution in [3.63, 3.8) is 0 Å². The molecule has 0 fully saturated rings. The minimum Gasteiger partial charge on any atom is -0.397 e. The highest BCUT2D eigenvalue weighted by atomic mass is 35.5. The molecule has 0 saturated heterocycles. The minimum absolute atomic E-state index is 0.631. The number of aliphatic imine (C=N–C) groups is 1. The van der Waals surface area contributed by atoms with Crippen molar-refractivity contribution in [2.24, 2.45) is 10.1 Å². The quantitative estimate of drug-likeness (QED) is 0.237. The fraction of sp³-hybridized carbons (Fsp3) is 0. The molecule has 4 aromatic carbocycles. The molecule has 6 heteroatoms. The van der Waals surface area contributed by atoms with Gasteiger partial charge in [0.05, 0.1) is 22.8 Å². The third-order valence-electron chi connectivity index (χ3n) is 5.20. The maximum absolute atomic E-state index is 6.21. The number of rotatable bonds is 5. The number of thioether (sulfide) groups is 1. The second-order valence-corrected chi connectivity index (χ2v) is 9.01. The lowest BCUT2D eigenvalue weighted by molar-refractivity contribution is 1.08. The zero-order valence-corrected chi connectivity index (χ0v) is 19.7. The van der Waals surface area contributed by atoms with Crippen LogP contribution in [0.25, 0.3) is 0 Å². The first-order chi connectivity index (χ1) is 16.7. The van der Waals surface area contributed by atoms with Gasteiger partial charge in [-0.25, -0.2) is 10.0 Å². The summed E-state index contributed by atoms with van der Waals surface area (Å²) in [5.74, 6) is 0. The number of benzene rings is 4. The summed E-state index contributed by atoms with van der Waals surface area (Å²) in [6.45, 7) is 0. The number of nitrogens with two attached hydrogens (primary N) is 1. The van der Waals surface area contributed by atoms with E-state index in [1.807, 2.05) is 114 Å². The van der Waals surface area contributed by atoms with Crippen molar-refractivity contribution >= 4 is 51.2 Å². The van der Waals surface area contributed by atoms with Crippen molar-refractivity contribution in [2.45, 2.75) is 0 Å². The lowest BCUT2D eigenvalue weighted by atomic mass is 10.1. The second kappa shape index (κ2) is 10.00. The Kier molecular flexibility index (Phi) is 6.47. The van der Waals surface area contributed by atoms with Crippen molar-refractivity contribution in [2.75, 3.05) is 10.7 Å². The van der Waals surface area contributed by atoms with E-state index in [1.165, 1.54) is 0 Å². The SMILES string of the molecule is Nc1ccccc1N=C(/C=C1/SC(c2ccc(Cl)cc2)=NN1c1ccccc1)c1ccccc1. The number of nitrogen functional groups attached to an aromatic ring is 1. The summed E-state index contributed by atoms with van der Waals surface area (Å²) < 4.78 is 0. The number of hydrogen-bond acceptors (Lipinski definition) is 5. The molecular formula is C28H21ClN4S. The van der Waals surface area contributed by atoms with Crippen LogP contribution in [0.2, 0.25) is 5.02 Å². The third kappa shape index (κ3) is 4.91. The number of allylic oxidation sites excluding steroid dienone is 1. The monoisotopic (exact) mass is 480 g/mol. The number of halogens is 1. The van der Waals surface area contributed by atoms with Crippen LogP contribution in [0, 0.1) is 0 Å². The standard InChI is InChI=1S/C28H21ClN4S/c29-22-17-15-21(16-18-22)28-32-33(23-11-5-2-6-12-23)27(34-28)19-26(20-9-3-1-4-10-20)31-25-14-8-7-13-24(25)30/h1-19H,30H2/b27-19+,31-26?. The van der Waals surface area contributed by atoms with Gasteiger partial charge < -0.3 is 5.73 Å². The summed E-state index contributed by atoms with van der Waals surface area (Å²) in [6.07, 6.45) is 2.06. The molecule has 0 aromatic heterocycles. The molecule has 0 radical (unpaired) electrons. The molecule has 0 atom stereocenters. The Bertz CT molecular complexity index is 1380. The molecule has 0 unspecified atom stereocenters. The molecule has 34 heavy (non-hydrogen) atoms. The van der Waals surface area contributed by atoms with Gasteiger partial charge in [0.15, 0.2) is 0 Å². The summed E-state index contributed by atoms with van der Waals surface area (Å²) in [7, 11) is 0. The number of hydrazone groups is 1. The van der Waals surface area contributed by atoms with E-state index >= 15 is 0 Å². The van der Waals surface area contributed by atoms with Crippen LogP contribution in [0.4, 0.5) is 17.1 Å². The average molecular weight is 481 g/mol. The Morgan fingerprint density at radius 2 is 1.47 bits per heavy atom. The smallest absolute Gasteiger partial charge is 0.131 e. The maximum Gasteiger partial charge on any atom is 0.131 e. The Morgan fingerprint density at radius 3 is 2.18 bits per heavy atom. The first-order valence-electron chi connectivity index (χ1n) is 10.8. The topological polar surface area (TPSA) is 54.0 Å². The van der Waals surface area contributed by atoms with E-state index in [2.05, 4.69) is 6.08 Å². The Balaban J connectivity index is 1.62. The van der Waals surface area contributed by atoms with Crippen LogP contribution >= 0.6 is 23.4 Å². The summed E-state index contributed by atoms with van der Waals surface area (Å²) in [4.78, 5) is 4.94. The van der Waals surface area contributed by atoms with Crippen molar-refractivity contribution in [3.05, 3.63) is 136 Å². The molecule has 0 aliphatic carbocycles. The highest BCUT2D eigenvalue weighted by Crippen LogP contribution is 2.37. The molecule has 166 valence electrons. The molecule has 1 aliphatic heterocycles. The predicted molar refractivity (Wildman–Crippen MR) is 146 cm³/mol. The molecule has 1 heterocycles.